The van der Waals surface area contributed by atoms with Crippen LogP contribution in [0, 0.1) is 6.92 Å². The minimum Gasteiger partial charge on any atom is -0.471 e. The molecule has 2 aromatic rings. The topological polar surface area (TPSA) is 71.5 Å². The summed E-state index contributed by atoms with van der Waals surface area (Å²) in [4.78, 5) is 28.8. The van der Waals surface area contributed by atoms with Gasteiger partial charge in [0.1, 0.15) is 11.8 Å². The second-order valence-electron chi connectivity index (χ2n) is 5.64. The van der Waals surface area contributed by atoms with Crippen LogP contribution >= 0.6 is 11.3 Å². The number of carbonyl (C=O) groups is 1. The fourth-order valence-corrected chi connectivity index (χ4v) is 3.00. The van der Waals surface area contributed by atoms with Crippen molar-refractivity contribution < 1.29 is 9.53 Å². The zero-order valence-corrected chi connectivity index (χ0v) is 14.2. The first-order valence-electron chi connectivity index (χ1n) is 7.40. The third-order valence-electron chi connectivity index (χ3n) is 3.62. The Hall–Kier alpha value is -2.22. The number of aromatic nitrogens is 3. The molecule has 1 atom stereocenters. The molecule has 23 heavy (non-hydrogen) atoms. The Morgan fingerprint density at radius 1 is 1.39 bits per heavy atom. The van der Waals surface area contributed by atoms with Crippen LogP contribution in [0.5, 0.6) is 5.88 Å². The van der Waals surface area contributed by atoms with E-state index in [4.69, 9.17) is 4.74 Å². The summed E-state index contributed by atoms with van der Waals surface area (Å²) in [6.07, 6.45) is 4.00. The molecule has 1 aliphatic rings. The normalized spacial score (nSPS) is 17.3. The molecule has 2 aromatic heterocycles. The first kappa shape index (κ1) is 15.7. The fourth-order valence-electron chi connectivity index (χ4n) is 2.41. The molecule has 3 rings (SSSR count). The van der Waals surface area contributed by atoms with Crippen molar-refractivity contribution in [2.75, 3.05) is 32.1 Å². The zero-order chi connectivity index (χ0) is 16.4. The molecule has 0 aromatic carbocycles. The summed E-state index contributed by atoms with van der Waals surface area (Å²) >= 11 is 1.49. The van der Waals surface area contributed by atoms with Crippen LogP contribution in [-0.2, 0) is 0 Å². The predicted octanol–water partition coefficient (Wildman–Crippen LogP) is 1.60. The maximum Gasteiger partial charge on any atom is 0.273 e. The van der Waals surface area contributed by atoms with Crippen LogP contribution < -0.4 is 9.64 Å². The van der Waals surface area contributed by atoms with E-state index in [1.807, 2.05) is 25.9 Å². The van der Waals surface area contributed by atoms with Crippen molar-refractivity contribution in [2.24, 2.45) is 0 Å². The van der Waals surface area contributed by atoms with Gasteiger partial charge in [-0.1, -0.05) is 0 Å². The Morgan fingerprint density at radius 3 is 2.91 bits per heavy atom. The third kappa shape index (κ3) is 3.58. The fraction of sp³-hybridized carbons (Fsp3) is 0.467. The predicted molar refractivity (Wildman–Crippen MR) is 88.1 cm³/mol. The number of rotatable bonds is 4. The van der Waals surface area contributed by atoms with Gasteiger partial charge in [0.05, 0.1) is 23.9 Å². The number of likely N-dealkylation sites (tertiary alicyclic amines) is 1. The van der Waals surface area contributed by atoms with E-state index in [1.165, 1.54) is 11.3 Å². The average molecular weight is 333 g/mol. The van der Waals surface area contributed by atoms with Crippen LogP contribution in [0.1, 0.15) is 21.9 Å². The highest BCUT2D eigenvalue weighted by Gasteiger charge is 2.29. The van der Waals surface area contributed by atoms with Crippen molar-refractivity contribution >= 4 is 23.1 Å². The third-order valence-corrected chi connectivity index (χ3v) is 4.39. The minimum absolute atomic E-state index is 0.0337. The number of anilines is 1. The highest BCUT2D eigenvalue weighted by atomic mass is 32.1. The van der Waals surface area contributed by atoms with Gasteiger partial charge in [-0.25, -0.2) is 4.98 Å². The van der Waals surface area contributed by atoms with Gasteiger partial charge in [0, 0.05) is 32.4 Å². The van der Waals surface area contributed by atoms with Crippen LogP contribution in [0.15, 0.2) is 17.8 Å². The second-order valence-corrected chi connectivity index (χ2v) is 6.70. The maximum absolute atomic E-state index is 12.4. The van der Waals surface area contributed by atoms with Crippen molar-refractivity contribution in [3.8, 4) is 5.88 Å². The van der Waals surface area contributed by atoms with E-state index in [0.29, 0.717) is 24.7 Å². The molecule has 0 N–H and O–H groups in total. The number of aryl methyl sites for hydroxylation is 1. The number of carbonyl (C=O) groups excluding carboxylic acids is 1. The van der Waals surface area contributed by atoms with Crippen LogP contribution in [0.2, 0.25) is 0 Å². The number of hydrogen-bond acceptors (Lipinski definition) is 7. The molecule has 0 spiro atoms. The molecule has 0 aliphatic carbocycles. The van der Waals surface area contributed by atoms with Crippen LogP contribution in [0.3, 0.4) is 0 Å². The Bertz CT molecular complexity index is 703. The number of hydrogen-bond donors (Lipinski definition) is 0. The van der Waals surface area contributed by atoms with Crippen LogP contribution in [0.4, 0.5) is 5.82 Å². The van der Waals surface area contributed by atoms with Gasteiger partial charge < -0.3 is 14.5 Å². The molecule has 122 valence electrons. The molecular weight excluding hydrogens is 314 g/mol. The molecule has 3 heterocycles. The van der Waals surface area contributed by atoms with E-state index in [2.05, 4.69) is 15.0 Å². The van der Waals surface area contributed by atoms with E-state index in [0.717, 1.165) is 17.2 Å². The molecule has 7 nitrogen and oxygen atoms in total. The van der Waals surface area contributed by atoms with Gasteiger partial charge in [0.2, 0.25) is 5.88 Å². The molecular formula is C15H19N5O2S. The first-order chi connectivity index (χ1) is 11.0. The van der Waals surface area contributed by atoms with Gasteiger partial charge in [0.15, 0.2) is 5.82 Å². The van der Waals surface area contributed by atoms with Gasteiger partial charge >= 0.3 is 0 Å². The Morgan fingerprint density at radius 2 is 2.22 bits per heavy atom. The highest BCUT2D eigenvalue weighted by Crippen LogP contribution is 2.20. The van der Waals surface area contributed by atoms with Crippen molar-refractivity contribution in [3.63, 3.8) is 0 Å². The molecule has 1 saturated heterocycles. The van der Waals surface area contributed by atoms with Gasteiger partial charge in [-0.15, -0.1) is 11.3 Å². The number of amides is 1. The first-order valence-corrected chi connectivity index (χ1v) is 8.28. The summed E-state index contributed by atoms with van der Waals surface area (Å²) in [7, 11) is 3.80. The average Bonchev–Trinajstić information content (AvgIpc) is 3.16. The van der Waals surface area contributed by atoms with Crippen molar-refractivity contribution in [1.29, 1.82) is 0 Å². The quantitative estimate of drug-likeness (QED) is 0.846. The lowest BCUT2D eigenvalue weighted by Crippen LogP contribution is -2.31. The molecule has 0 bridgehead atoms. The summed E-state index contributed by atoms with van der Waals surface area (Å²) in [5.74, 6) is 1.19. The summed E-state index contributed by atoms with van der Waals surface area (Å²) in [6, 6.07) is 0. The number of ether oxygens (including phenoxy) is 1. The van der Waals surface area contributed by atoms with Gasteiger partial charge in [0.25, 0.3) is 5.91 Å². The summed E-state index contributed by atoms with van der Waals surface area (Å²) in [6.45, 7) is 3.11. The Balaban J connectivity index is 1.62. The van der Waals surface area contributed by atoms with E-state index < -0.39 is 0 Å². The van der Waals surface area contributed by atoms with E-state index in [9.17, 15) is 4.79 Å². The van der Waals surface area contributed by atoms with Crippen molar-refractivity contribution in [1.82, 2.24) is 19.9 Å². The van der Waals surface area contributed by atoms with Gasteiger partial charge in [-0.05, 0) is 6.92 Å². The lowest BCUT2D eigenvalue weighted by molar-refractivity contribution is 0.0766. The molecule has 0 saturated carbocycles. The molecule has 1 unspecified atom stereocenters. The smallest absolute Gasteiger partial charge is 0.273 e. The van der Waals surface area contributed by atoms with Crippen molar-refractivity contribution in [3.05, 3.63) is 28.5 Å². The lowest BCUT2D eigenvalue weighted by atomic mass is 10.3. The lowest BCUT2D eigenvalue weighted by Gasteiger charge is -2.17. The second kappa shape index (κ2) is 6.49. The monoisotopic (exact) mass is 333 g/mol. The molecule has 0 radical (unpaired) electrons. The standard InChI is InChI=1S/C15H19N5O2S/c1-10-17-12(9-23-10)15(21)20-5-4-11(8-20)22-14-7-16-6-13(18-14)19(2)3/h6-7,9,11H,4-5,8H2,1-3H3. The van der Waals surface area contributed by atoms with Gasteiger partial charge in [-0.3, -0.25) is 9.78 Å². The summed E-state index contributed by atoms with van der Waals surface area (Å²) < 4.78 is 5.88. The minimum atomic E-state index is -0.0644. The maximum atomic E-state index is 12.4. The Labute approximate surface area is 138 Å². The summed E-state index contributed by atoms with van der Waals surface area (Å²) in [5.41, 5.74) is 0.516. The molecule has 1 amide bonds. The SMILES string of the molecule is Cc1nc(C(=O)N2CCC(Oc3cncc(N(C)C)n3)C2)cs1. The largest absolute Gasteiger partial charge is 0.471 e. The van der Waals surface area contributed by atoms with E-state index >= 15 is 0 Å². The van der Waals surface area contributed by atoms with E-state index in [1.54, 1.807) is 22.7 Å². The number of thiazole rings is 1. The van der Waals surface area contributed by atoms with E-state index in [-0.39, 0.29) is 12.0 Å². The molecule has 1 aliphatic heterocycles. The van der Waals surface area contributed by atoms with Crippen LogP contribution in [0.25, 0.3) is 0 Å². The Kier molecular flexibility index (Phi) is 4.42. The van der Waals surface area contributed by atoms with Crippen molar-refractivity contribution in [2.45, 2.75) is 19.4 Å². The van der Waals surface area contributed by atoms with Gasteiger partial charge in [-0.2, -0.15) is 4.98 Å². The van der Waals surface area contributed by atoms with Crippen LogP contribution in [-0.4, -0.2) is 59.0 Å². The molecule has 1 fully saturated rings. The highest BCUT2D eigenvalue weighted by molar-refractivity contribution is 7.09. The zero-order valence-electron chi connectivity index (χ0n) is 13.4. The molecule has 8 heteroatoms. The number of nitrogens with zero attached hydrogens (tertiary/aromatic N) is 5. The summed E-state index contributed by atoms with van der Waals surface area (Å²) in [5, 5.41) is 2.70.